The number of fused-ring (bicyclic) bond motifs is 1. The van der Waals surface area contributed by atoms with Crippen LogP contribution in [0.15, 0.2) is 42.6 Å². The lowest BCUT2D eigenvalue weighted by Crippen LogP contribution is -2.62. The quantitative estimate of drug-likeness (QED) is 0.592. The molecule has 6 nitrogen and oxygen atoms in total. The third-order valence-corrected chi connectivity index (χ3v) is 7.54. The average Bonchev–Trinajstić information content (AvgIpc) is 3.25. The molecule has 0 saturated carbocycles. The van der Waals surface area contributed by atoms with Gasteiger partial charge < -0.3 is 15.1 Å². The van der Waals surface area contributed by atoms with Crippen LogP contribution in [0, 0.1) is 17.0 Å². The number of benzene rings is 1. The van der Waals surface area contributed by atoms with Gasteiger partial charge in [0.1, 0.15) is 29.1 Å². The second kappa shape index (κ2) is 7.85. The zero-order valence-corrected chi connectivity index (χ0v) is 18.5. The Kier molecular flexibility index (Phi) is 4.89. The molecule has 3 aliphatic rings. The number of β-lactam (4-membered cyclic amide) rings is 1. The number of rotatable bonds is 3. The third kappa shape index (κ3) is 3.36. The van der Waals surface area contributed by atoms with Crippen LogP contribution < -0.4 is 15.1 Å². The lowest BCUT2D eigenvalue weighted by atomic mass is 9.72. The fourth-order valence-corrected chi connectivity index (χ4v) is 5.51. The number of amides is 1. The molecule has 34 heavy (non-hydrogen) atoms. The Balaban J connectivity index is 1.35. The van der Waals surface area contributed by atoms with E-state index in [1.807, 2.05) is 12.1 Å². The Labute approximate surface area is 194 Å². The van der Waals surface area contributed by atoms with Crippen LogP contribution in [0.2, 0.25) is 0 Å². The van der Waals surface area contributed by atoms with Crippen molar-refractivity contribution in [2.75, 3.05) is 36.0 Å². The maximum atomic E-state index is 14.5. The molecule has 3 saturated heterocycles. The van der Waals surface area contributed by atoms with E-state index in [2.05, 4.69) is 15.2 Å². The zero-order valence-electron chi connectivity index (χ0n) is 18.5. The van der Waals surface area contributed by atoms with Crippen molar-refractivity contribution in [3.63, 3.8) is 0 Å². The van der Waals surface area contributed by atoms with Gasteiger partial charge in [-0.1, -0.05) is 0 Å². The topological polar surface area (TPSA) is 61.4 Å². The number of piperidine rings is 1. The van der Waals surface area contributed by atoms with E-state index in [-0.39, 0.29) is 29.9 Å². The van der Waals surface area contributed by atoms with Crippen molar-refractivity contribution >= 4 is 28.4 Å². The first-order valence-corrected chi connectivity index (χ1v) is 11.6. The van der Waals surface area contributed by atoms with Crippen LogP contribution in [-0.4, -0.2) is 48.2 Å². The van der Waals surface area contributed by atoms with Crippen LogP contribution in [0.3, 0.4) is 0 Å². The van der Waals surface area contributed by atoms with Gasteiger partial charge >= 0.3 is 0 Å². The molecule has 2 atom stereocenters. The molecule has 3 aromatic rings. The molecule has 2 aromatic heterocycles. The fourth-order valence-electron chi connectivity index (χ4n) is 5.51. The van der Waals surface area contributed by atoms with Crippen LogP contribution in [0.1, 0.15) is 30.9 Å². The second-order valence-electron chi connectivity index (χ2n) is 9.48. The number of hydrogen-bond acceptors (Lipinski definition) is 5. The van der Waals surface area contributed by atoms with Crippen molar-refractivity contribution in [3.8, 4) is 0 Å². The SMILES string of the molecule is O=C1NCC12CCN(c1ccnc3ccc(N4C[C@@H](F)C[C@@H]4c4cc(F)ccc4F)nc13)CC2. The number of nitrogens with one attached hydrogen (secondary N) is 1. The molecule has 3 aliphatic heterocycles. The number of pyridine rings is 2. The maximum absolute atomic E-state index is 14.5. The van der Waals surface area contributed by atoms with Gasteiger partial charge in [0.2, 0.25) is 5.91 Å². The largest absolute Gasteiger partial charge is 0.370 e. The predicted molar refractivity (Wildman–Crippen MR) is 122 cm³/mol. The number of anilines is 2. The highest BCUT2D eigenvalue weighted by molar-refractivity contribution is 5.91. The fraction of sp³-hybridized carbons (Fsp3) is 0.400. The van der Waals surface area contributed by atoms with E-state index < -0.39 is 23.8 Å². The maximum Gasteiger partial charge on any atom is 0.228 e. The Morgan fingerprint density at radius 3 is 2.65 bits per heavy atom. The third-order valence-electron chi connectivity index (χ3n) is 7.54. The summed E-state index contributed by atoms with van der Waals surface area (Å²) in [5, 5.41) is 2.85. The lowest BCUT2D eigenvalue weighted by molar-refractivity contribution is -0.141. The van der Waals surface area contributed by atoms with Crippen molar-refractivity contribution in [1.29, 1.82) is 0 Å². The number of carbonyl (C=O) groups excluding carboxylic acids is 1. The summed E-state index contributed by atoms with van der Waals surface area (Å²) >= 11 is 0. The van der Waals surface area contributed by atoms with Crippen molar-refractivity contribution < 1.29 is 18.0 Å². The molecule has 3 fully saturated rings. The number of nitrogens with zero attached hydrogens (tertiary/aromatic N) is 4. The van der Waals surface area contributed by atoms with Crippen LogP contribution >= 0.6 is 0 Å². The normalized spacial score (nSPS) is 23.9. The molecule has 176 valence electrons. The first kappa shape index (κ1) is 21.2. The summed E-state index contributed by atoms with van der Waals surface area (Å²) < 4.78 is 42.9. The molecule has 1 aromatic carbocycles. The van der Waals surface area contributed by atoms with Gasteiger partial charge in [-0.2, -0.15) is 0 Å². The van der Waals surface area contributed by atoms with E-state index in [1.165, 1.54) is 0 Å². The highest BCUT2D eigenvalue weighted by Gasteiger charge is 2.48. The summed E-state index contributed by atoms with van der Waals surface area (Å²) in [6.45, 7) is 2.24. The number of aromatic nitrogens is 2. The van der Waals surface area contributed by atoms with E-state index in [0.29, 0.717) is 16.9 Å². The Bertz CT molecular complexity index is 1280. The van der Waals surface area contributed by atoms with Crippen LogP contribution in [0.4, 0.5) is 24.7 Å². The zero-order chi connectivity index (χ0) is 23.4. The van der Waals surface area contributed by atoms with Gasteiger partial charge in [-0.05, 0) is 49.2 Å². The summed E-state index contributed by atoms with van der Waals surface area (Å²) in [5.41, 5.74) is 2.17. The number of hydrogen-bond donors (Lipinski definition) is 1. The van der Waals surface area contributed by atoms with E-state index in [4.69, 9.17) is 4.98 Å². The summed E-state index contributed by atoms with van der Waals surface area (Å²) in [7, 11) is 0. The van der Waals surface area contributed by atoms with E-state index in [0.717, 1.165) is 56.4 Å². The number of alkyl halides is 1. The van der Waals surface area contributed by atoms with Crippen molar-refractivity contribution in [3.05, 3.63) is 59.8 Å². The predicted octanol–water partition coefficient (Wildman–Crippen LogP) is 3.91. The van der Waals surface area contributed by atoms with Gasteiger partial charge in [0.15, 0.2) is 0 Å². The Morgan fingerprint density at radius 1 is 1.09 bits per heavy atom. The molecule has 6 rings (SSSR count). The minimum atomic E-state index is -1.18. The van der Waals surface area contributed by atoms with E-state index in [1.54, 1.807) is 17.2 Å². The van der Waals surface area contributed by atoms with Gasteiger partial charge in [0, 0.05) is 37.8 Å². The van der Waals surface area contributed by atoms with Crippen LogP contribution in [0.5, 0.6) is 0 Å². The van der Waals surface area contributed by atoms with Crippen molar-refractivity contribution in [1.82, 2.24) is 15.3 Å². The van der Waals surface area contributed by atoms with Crippen LogP contribution in [-0.2, 0) is 4.79 Å². The molecule has 5 heterocycles. The molecule has 0 aliphatic carbocycles. The summed E-state index contributed by atoms with van der Waals surface area (Å²) in [4.78, 5) is 25.2. The molecule has 1 amide bonds. The lowest BCUT2D eigenvalue weighted by Gasteiger charge is -2.47. The molecule has 9 heteroatoms. The van der Waals surface area contributed by atoms with E-state index in [9.17, 15) is 18.0 Å². The number of carbonyl (C=O) groups is 1. The Morgan fingerprint density at radius 2 is 1.91 bits per heavy atom. The standard InChI is InChI=1S/C25H24F3N5O/c26-15-1-2-18(28)17(11-15)21-12-16(27)13-33(21)22-4-3-19-23(31-22)20(5-8-29-19)32-9-6-25(7-10-32)14-30-24(25)34/h1-5,8,11,16,21H,6-7,9-10,12-14H2,(H,30,34)/t16-,21+/m0/s1. The Hall–Kier alpha value is -3.36. The summed E-state index contributed by atoms with van der Waals surface area (Å²) in [5.74, 6) is -0.476. The number of halogens is 3. The first-order chi connectivity index (χ1) is 16.4. The molecular weight excluding hydrogens is 443 g/mol. The van der Waals surface area contributed by atoms with Gasteiger partial charge in [0.25, 0.3) is 0 Å². The molecule has 0 radical (unpaired) electrons. The van der Waals surface area contributed by atoms with Crippen LogP contribution in [0.25, 0.3) is 11.0 Å². The second-order valence-corrected chi connectivity index (χ2v) is 9.48. The average molecular weight is 467 g/mol. The van der Waals surface area contributed by atoms with Gasteiger partial charge in [-0.15, -0.1) is 0 Å². The van der Waals surface area contributed by atoms with Crippen molar-refractivity contribution in [2.24, 2.45) is 5.41 Å². The highest BCUT2D eigenvalue weighted by Crippen LogP contribution is 2.41. The van der Waals surface area contributed by atoms with Gasteiger partial charge in [-0.3, -0.25) is 9.78 Å². The minimum Gasteiger partial charge on any atom is -0.370 e. The molecule has 1 N–H and O–H groups in total. The molecular formula is C25H24F3N5O. The molecule has 0 unspecified atom stereocenters. The first-order valence-electron chi connectivity index (χ1n) is 11.6. The van der Waals surface area contributed by atoms with Gasteiger partial charge in [0.05, 0.1) is 29.2 Å². The summed E-state index contributed by atoms with van der Waals surface area (Å²) in [6, 6.07) is 8.12. The molecule has 1 spiro atoms. The van der Waals surface area contributed by atoms with Crippen molar-refractivity contribution in [2.45, 2.75) is 31.5 Å². The monoisotopic (exact) mass is 467 g/mol. The van der Waals surface area contributed by atoms with Gasteiger partial charge in [-0.25, -0.2) is 18.2 Å². The molecule has 0 bridgehead atoms. The van der Waals surface area contributed by atoms with E-state index >= 15 is 0 Å². The highest BCUT2D eigenvalue weighted by atomic mass is 19.1. The summed E-state index contributed by atoms with van der Waals surface area (Å²) in [6.07, 6.45) is 2.18. The minimum absolute atomic E-state index is 0.0517. The smallest absolute Gasteiger partial charge is 0.228 e.